The van der Waals surface area contributed by atoms with E-state index in [-0.39, 0.29) is 6.04 Å². The standard InChI is InChI=1S/C12H25NO5/c1-10(2)13-11(12(14)15)4-5-17-8-9-18-7-6-16-3/h10-11,13H,4-9H2,1-3H3,(H,14,15). The SMILES string of the molecule is COCCOCCOCCC(NC(C)C)C(=O)O. The lowest BCUT2D eigenvalue weighted by Crippen LogP contribution is -2.41. The number of carbonyl (C=O) groups is 1. The fourth-order valence-corrected chi connectivity index (χ4v) is 1.35. The van der Waals surface area contributed by atoms with Crippen molar-refractivity contribution in [3.8, 4) is 0 Å². The molecule has 0 aromatic carbocycles. The summed E-state index contributed by atoms with van der Waals surface area (Å²) in [5.41, 5.74) is 0. The first kappa shape index (κ1) is 17.3. The first-order valence-electron chi connectivity index (χ1n) is 6.21. The Morgan fingerprint density at radius 1 is 1.11 bits per heavy atom. The van der Waals surface area contributed by atoms with Crippen LogP contribution >= 0.6 is 0 Å². The molecule has 18 heavy (non-hydrogen) atoms. The summed E-state index contributed by atoms with van der Waals surface area (Å²) in [7, 11) is 1.62. The highest BCUT2D eigenvalue weighted by atomic mass is 16.5. The van der Waals surface area contributed by atoms with Crippen molar-refractivity contribution in [2.75, 3.05) is 40.1 Å². The molecule has 6 nitrogen and oxygen atoms in total. The number of carboxylic acid groups (broad SMARTS) is 1. The highest BCUT2D eigenvalue weighted by molar-refractivity contribution is 5.73. The number of aliphatic carboxylic acids is 1. The van der Waals surface area contributed by atoms with Crippen LogP contribution in [0.25, 0.3) is 0 Å². The Kier molecular flexibility index (Phi) is 11.0. The molecule has 0 spiro atoms. The van der Waals surface area contributed by atoms with E-state index < -0.39 is 12.0 Å². The van der Waals surface area contributed by atoms with E-state index in [1.165, 1.54) is 0 Å². The molecule has 0 bridgehead atoms. The number of hydrogen-bond acceptors (Lipinski definition) is 5. The van der Waals surface area contributed by atoms with Gasteiger partial charge in [0.05, 0.1) is 26.4 Å². The van der Waals surface area contributed by atoms with Gasteiger partial charge in [-0.15, -0.1) is 0 Å². The van der Waals surface area contributed by atoms with Gasteiger partial charge in [-0.05, 0) is 6.42 Å². The molecule has 0 radical (unpaired) electrons. The van der Waals surface area contributed by atoms with Crippen LogP contribution in [0.3, 0.4) is 0 Å². The predicted octanol–water partition coefficient (Wildman–Crippen LogP) is 0.507. The summed E-state index contributed by atoms with van der Waals surface area (Å²) in [5.74, 6) is -0.844. The van der Waals surface area contributed by atoms with Crippen LogP contribution in [0.15, 0.2) is 0 Å². The zero-order chi connectivity index (χ0) is 13.8. The molecule has 0 aliphatic heterocycles. The zero-order valence-corrected chi connectivity index (χ0v) is 11.5. The van der Waals surface area contributed by atoms with E-state index >= 15 is 0 Å². The molecule has 0 aliphatic carbocycles. The lowest BCUT2D eigenvalue weighted by molar-refractivity contribution is -0.140. The highest BCUT2D eigenvalue weighted by Crippen LogP contribution is 1.96. The Hall–Kier alpha value is -0.690. The number of hydrogen-bond donors (Lipinski definition) is 2. The quantitative estimate of drug-likeness (QED) is 0.500. The van der Waals surface area contributed by atoms with Gasteiger partial charge in [-0.2, -0.15) is 0 Å². The van der Waals surface area contributed by atoms with E-state index in [1.54, 1.807) is 7.11 Å². The van der Waals surface area contributed by atoms with Crippen LogP contribution < -0.4 is 5.32 Å². The van der Waals surface area contributed by atoms with Crippen molar-refractivity contribution < 1.29 is 24.1 Å². The second-order valence-corrected chi connectivity index (χ2v) is 4.22. The molecular weight excluding hydrogens is 238 g/mol. The average molecular weight is 263 g/mol. The molecule has 0 rings (SSSR count). The molecule has 0 amide bonds. The van der Waals surface area contributed by atoms with Crippen LogP contribution in [0.5, 0.6) is 0 Å². The molecule has 0 fully saturated rings. The number of nitrogens with one attached hydrogen (secondary N) is 1. The van der Waals surface area contributed by atoms with E-state index in [9.17, 15) is 4.79 Å². The molecule has 108 valence electrons. The summed E-state index contributed by atoms with van der Waals surface area (Å²) < 4.78 is 15.3. The molecule has 1 unspecified atom stereocenters. The van der Waals surface area contributed by atoms with E-state index in [0.717, 1.165) is 0 Å². The number of rotatable bonds is 12. The van der Waals surface area contributed by atoms with E-state index in [1.807, 2.05) is 13.8 Å². The number of ether oxygens (including phenoxy) is 3. The second-order valence-electron chi connectivity index (χ2n) is 4.22. The molecule has 2 N–H and O–H groups in total. The number of carboxylic acids is 1. The first-order chi connectivity index (χ1) is 8.57. The topological polar surface area (TPSA) is 77.0 Å². The maximum atomic E-state index is 10.9. The van der Waals surface area contributed by atoms with Gasteiger partial charge in [0.2, 0.25) is 0 Å². The smallest absolute Gasteiger partial charge is 0.320 e. The molecule has 0 aromatic heterocycles. The van der Waals surface area contributed by atoms with Gasteiger partial charge in [0.25, 0.3) is 0 Å². The Labute approximate surface area is 109 Å². The van der Waals surface area contributed by atoms with Crippen molar-refractivity contribution in [1.29, 1.82) is 0 Å². The summed E-state index contributed by atoms with van der Waals surface area (Å²) in [5, 5.41) is 11.9. The molecule has 1 atom stereocenters. The summed E-state index contributed by atoms with van der Waals surface area (Å²) in [6, 6.07) is -0.414. The third-order valence-corrected chi connectivity index (χ3v) is 2.19. The lowest BCUT2D eigenvalue weighted by Gasteiger charge is -2.17. The molecule has 0 aromatic rings. The van der Waals surface area contributed by atoms with Gasteiger partial charge >= 0.3 is 5.97 Å². The fourth-order valence-electron chi connectivity index (χ4n) is 1.35. The van der Waals surface area contributed by atoms with Crippen molar-refractivity contribution in [2.24, 2.45) is 0 Å². The average Bonchev–Trinajstić information content (AvgIpc) is 2.30. The van der Waals surface area contributed by atoms with Crippen LogP contribution in [0.1, 0.15) is 20.3 Å². The van der Waals surface area contributed by atoms with Gasteiger partial charge in [0.15, 0.2) is 0 Å². The maximum Gasteiger partial charge on any atom is 0.320 e. The zero-order valence-electron chi connectivity index (χ0n) is 11.5. The minimum Gasteiger partial charge on any atom is -0.480 e. The predicted molar refractivity (Wildman–Crippen MR) is 67.8 cm³/mol. The van der Waals surface area contributed by atoms with Gasteiger partial charge in [-0.1, -0.05) is 13.8 Å². The Balaban J connectivity index is 3.47. The van der Waals surface area contributed by atoms with Gasteiger partial charge < -0.3 is 24.6 Å². The third-order valence-electron chi connectivity index (χ3n) is 2.19. The Bertz CT molecular complexity index is 211. The van der Waals surface area contributed by atoms with Crippen molar-refractivity contribution >= 4 is 5.97 Å². The van der Waals surface area contributed by atoms with Crippen molar-refractivity contribution in [3.05, 3.63) is 0 Å². The van der Waals surface area contributed by atoms with E-state index in [4.69, 9.17) is 19.3 Å². The molecular formula is C12H25NO5. The van der Waals surface area contributed by atoms with Crippen LogP contribution in [-0.4, -0.2) is 63.3 Å². The Morgan fingerprint density at radius 2 is 1.67 bits per heavy atom. The third kappa shape index (κ3) is 10.5. The van der Waals surface area contributed by atoms with Crippen molar-refractivity contribution in [2.45, 2.75) is 32.4 Å². The Morgan fingerprint density at radius 3 is 2.17 bits per heavy atom. The maximum absolute atomic E-state index is 10.9. The lowest BCUT2D eigenvalue weighted by atomic mass is 10.2. The summed E-state index contributed by atoms with van der Waals surface area (Å²) in [4.78, 5) is 10.9. The minimum absolute atomic E-state index is 0.142. The summed E-state index contributed by atoms with van der Waals surface area (Å²) in [6.45, 7) is 6.33. The monoisotopic (exact) mass is 263 g/mol. The van der Waals surface area contributed by atoms with Crippen molar-refractivity contribution in [1.82, 2.24) is 5.32 Å². The highest BCUT2D eigenvalue weighted by Gasteiger charge is 2.17. The fraction of sp³-hybridized carbons (Fsp3) is 0.917. The van der Waals surface area contributed by atoms with Gasteiger partial charge in [0.1, 0.15) is 6.04 Å². The van der Waals surface area contributed by atoms with Crippen LogP contribution in [0.2, 0.25) is 0 Å². The molecule has 0 saturated carbocycles. The minimum atomic E-state index is -0.844. The molecule has 6 heteroatoms. The molecule has 0 saturated heterocycles. The first-order valence-corrected chi connectivity index (χ1v) is 6.21. The van der Waals surface area contributed by atoms with Gasteiger partial charge in [0, 0.05) is 19.8 Å². The normalized spacial score (nSPS) is 12.9. The van der Waals surface area contributed by atoms with Crippen LogP contribution in [0, 0.1) is 0 Å². The largest absolute Gasteiger partial charge is 0.480 e. The summed E-state index contributed by atoms with van der Waals surface area (Å²) >= 11 is 0. The van der Waals surface area contributed by atoms with E-state index in [2.05, 4.69) is 5.32 Å². The van der Waals surface area contributed by atoms with Crippen LogP contribution in [-0.2, 0) is 19.0 Å². The molecule has 0 heterocycles. The molecule has 0 aliphatic rings. The second kappa shape index (κ2) is 11.4. The van der Waals surface area contributed by atoms with Gasteiger partial charge in [-0.25, -0.2) is 0 Å². The van der Waals surface area contributed by atoms with Crippen molar-refractivity contribution in [3.63, 3.8) is 0 Å². The summed E-state index contributed by atoms with van der Waals surface area (Å²) in [6.07, 6.45) is 0.450. The van der Waals surface area contributed by atoms with Crippen LogP contribution in [0.4, 0.5) is 0 Å². The van der Waals surface area contributed by atoms with E-state index in [0.29, 0.717) is 39.5 Å². The number of methoxy groups -OCH3 is 1. The van der Waals surface area contributed by atoms with Gasteiger partial charge in [-0.3, -0.25) is 4.79 Å².